The van der Waals surface area contributed by atoms with Gasteiger partial charge in [-0.25, -0.2) is 0 Å². The smallest absolute Gasteiger partial charge is 0.382 e. The monoisotopic (exact) mass is 298 g/mol. The normalized spacial score (nSPS) is 11.4. The highest BCUT2D eigenvalue weighted by molar-refractivity contribution is 5.92. The van der Waals surface area contributed by atoms with Crippen molar-refractivity contribution in [2.75, 3.05) is 12.8 Å². The van der Waals surface area contributed by atoms with Crippen molar-refractivity contribution in [3.8, 4) is 0 Å². The molecule has 8 heteroatoms. The molecule has 0 radical (unpaired) electrons. The van der Waals surface area contributed by atoms with E-state index in [1.807, 2.05) is 0 Å². The van der Waals surface area contributed by atoms with Gasteiger partial charge in [0.2, 0.25) is 0 Å². The van der Waals surface area contributed by atoms with Crippen LogP contribution in [-0.4, -0.2) is 28.1 Å². The summed E-state index contributed by atoms with van der Waals surface area (Å²) >= 11 is 0. The lowest BCUT2D eigenvalue weighted by Crippen LogP contribution is -2.26. The van der Waals surface area contributed by atoms with Crippen LogP contribution in [0.1, 0.15) is 21.6 Å². The molecule has 3 N–H and O–H groups in total. The maximum absolute atomic E-state index is 12.6. The Hall–Kier alpha value is -2.51. The van der Waals surface area contributed by atoms with Gasteiger partial charge in [0.05, 0.1) is 5.56 Å². The van der Waals surface area contributed by atoms with Crippen molar-refractivity contribution < 1.29 is 18.0 Å². The van der Waals surface area contributed by atoms with Gasteiger partial charge in [-0.05, 0) is 17.7 Å². The summed E-state index contributed by atoms with van der Waals surface area (Å²) in [7, 11) is 1.49. The Morgan fingerprint density at radius 1 is 1.38 bits per heavy atom. The van der Waals surface area contributed by atoms with E-state index in [4.69, 9.17) is 5.73 Å². The van der Waals surface area contributed by atoms with Gasteiger partial charge < -0.3 is 10.6 Å². The first-order valence-corrected chi connectivity index (χ1v) is 6.00. The maximum atomic E-state index is 12.6. The molecule has 0 aliphatic heterocycles. The van der Waals surface area contributed by atoms with Crippen LogP contribution in [0.2, 0.25) is 0 Å². The third-order valence-electron chi connectivity index (χ3n) is 2.85. The molecule has 1 aromatic heterocycles. The number of amides is 1. The largest absolute Gasteiger partial charge is 0.416 e. The van der Waals surface area contributed by atoms with Crippen LogP contribution in [0.25, 0.3) is 0 Å². The molecule has 5 nitrogen and oxygen atoms in total. The number of alkyl halides is 3. The van der Waals surface area contributed by atoms with Gasteiger partial charge in [-0.2, -0.15) is 18.3 Å². The third-order valence-corrected chi connectivity index (χ3v) is 2.85. The predicted octanol–water partition coefficient (Wildman–Crippen LogP) is 2.28. The van der Waals surface area contributed by atoms with E-state index < -0.39 is 17.6 Å². The van der Waals surface area contributed by atoms with Crippen LogP contribution in [0.5, 0.6) is 0 Å². The van der Waals surface area contributed by atoms with Gasteiger partial charge in [-0.1, -0.05) is 12.1 Å². The minimum absolute atomic E-state index is 0.0433. The van der Waals surface area contributed by atoms with Crippen LogP contribution >= 0.6 is 0 Å². The highest BCUT2D eigenvalue weighted by atomic mass is 19.4. The fraction of sp³-hybridized carbons (Fsp3) is 0.231. The highest BCUT2D eigenvalue weighted by Gasteiger charge is 2.30. The quantitative estimate of drug-likeness (QED) is 0.913. The van der Waals surface area contributed by atoms with Crippen molar-refractivity contribution in [3.63, 3.8) is 0 Å². The van der Waals surface area contributed by atoms with Crippen LogP contribution in [0, 0.1) is 0 Å². The number of rotatable bonds is 3. The minimum Gasteiger partial charge on any atom is -0.382 e. The number of H-pyrrole nitrogens is 1. The second kappa shape index (κ2) is 5.47. The van der Waals surface area contributed by atoms with Crippen molar-refractivity contribution in [2.24, 2.45) is 0 Å². The number of hydrogen-bond donors (Lipinski definition) is 2. The van der Waals surface area contributed by atoms with Crippen molar-refractivity contribution in [2.45, 2.75) is 12.7 Å². The van der Waals surface area contributed by atoms with Crippen molar-refractivity contribution in [1.29, 1.82) is 0 Å². The minimum atomic E-state index is -4.41. The first kappa shape index (κ1) is 14.9. The average molecular weight is 298 g/mol. The summed E-state index contributed by atoms with van der Waals surface area (Å²) < 4.78 is 37.9. The number of nitrogens with two attached hydrogens (primary N) is 1. The summed E-state index contributed by atoms with van der Waals surface area (Å²) in [4.78, 5) is 13.3. The molecule has 0 saturated carbocycles. The number of nitrogens with one attached hydrogen (secondary N) is 1. The molecule has 1 amide bonds. The van der Waals surface area contributed by atoms with E-state index in [-0.39, 0.29) is 18.1 Å². The topological polar surface area (TPSA) is 75.0 Å². The summed E-state index contributed by atoms with van der Waals surface area (Å²) in [5.74, 6) is -0.234. The number of carbonyl (C=O) groups excluding carboxylic acids is 1. The average Bonchev–Trinajstić information content (AvgIpc) is 2.84. The van der Waals surface area contributed by atoms with Gasteiger partial charge in [0.1, 0.15) is 11.5 Å². The van der Waals surface area contributed by atoms with Crippen LogP contribution in [0.4, 0.5) is 19.0 Å². The van der Waals surface area contributed by atoms with Crippen molar-refractivity contribution in [1.82, 2.24) is 15.1 Å². The summed E-state index contributed by atoms with van der Waals surface area (Å²) in [6, 6.07) is 6.21. The zero-order valence-corrected chi connectivity index (χ0v) is 11.1. The van der Waals surface area contributed by atoms with Crippen LogP contribution in [0.3, 0.4) is 0 Å². The molecule has 112 valence electrons. The van der Waals surface area contributed by atoms with E-state index in [0.717, 1.165) is 12.1 Å². The first-order valence-electron chi connectivity index (χ1n) is 6.00. The van der Waals surface area contributed by atoms with Gasteiger partial charge in [0.15, 0.2) is 0 Å². The van der Waals surface area contributed by atoms with Gasteiger partial charge in [0.25, 0.3) is 5.91 Å². The van der Waals surface area contributed by atoms with E-state index in [9.17, 15) is 18.0 Å². The number of benzene rings is 1. The number of hydrogen-bond acceptors (Lipinski definition) is 3. The van der Waals surface area contributed by atoms with E-state index in [0.29, 0.717) is 5.56 Å². The Kier molecular flexibility index (Phi) is 3.88. The van der Waals surface area contributed by atoms with Gasteiger partial charge in [-0.15, -0.1) is 0 Å². The Labute approximate surface area is 118 Å². The second-order valence-electron chi connectivity index (χ2n) is 4.57. The number of nitrogens with zero attached hydrogens (tertiary/aromatic N) is 2. The molecule has 0 aliphatic rings. The fourth-order valence-corrected chi connectivity index (χ4v) is 1.84. The summed E-state index contributed by atoms with van der Waals surface area (Å²) in [6.45, 7) is 0.0433. The van der Waals surface area contributed by atoms with Crippen LogP contribution < -0.4 is 5.73 Å². The number of anilines is 1. The molecule has 21 heavy (non-hydrogen) atoms. The van der Waals surface area contributed by atoms with Crippen molar-refractivity contribution >= 4 is 11.7 Å². The summed E-state index contributed by atoms with van der Waals surface area (Å²) in [6.07, 6.45) is -4.41. The Bertz CT molecular complexity index is 651. The number of aromatic amines is 1. The maximum Gasteiger partial charge on any atom is 0.416 e. The molecule has 0 spiro atoms. The SMILES string of the molecule is CN(Cc1cccc(C(F)(F)F)c1)C(=O)c1cc(N)n[nH]1. The fourth-order valence-electron chi connectivity index (χ4n) is 1.84. The first-order chi connectivity index (χ1) is 9.77. The molecule has 2 rings (SSSR count). The highest BCUT2D eigenvalue weighted by Crippen LogP contribution is 2.29. The van der Waals surface area contributed by atoms with Gasteiger partial charge in [-0.3, -0.25) is 9.89 Å². The Balaban J connectivity index is 2.13. The molecule has 2 aromatic rings. The summed E-state index contributed by atoms with van der Waals surface area (Å²) in [5, 5.41) is 6.09. The zero-order chi connectivity index (χ0) is 15.6. The van der Waals surface area contributed by atoms with Crippen LogP contribution in [0.15, 0.2) is 30.3 Å². The standard InChI is InChI=1S/C13H13F3N4O/c1-20(12(21)10-6-11(17)19-18-10)7-8-3-2-4-9(5-8)13(14,15)16/h2-6H,7H2,1H3,(H3,17,18,19). The molecule has 0 bridgehead atoms. The van der Waals surface area contributed by atoms with Crippen LogP contribution in [-0.2, 0) is 12.7 Å². The second-order valence-corrected chi connectivity index (χ2v) is 4.57. The summed E-state index contributed by atoms with van der Waals surface area (Å²) in [5.41, 5.74) is 5.22. The predicted molar refractivity (Wildman–Crippen MR) is 70.2 cm³/mol. The molecule has 0 aliphatic carbocycles. The molecular formula is C13H13F3N4O. The lowest BCUT2D eigenvalue weighted by Gasteiger charge is -2.17. The van der Waals surface area contributed by atoms with E-state index in [2.05, 4.69) is 10.2 Å². The van der Waals surface area contributed by atoms with E-state index in [1.165, 1.54) is 30.1 Å². The molecule has 1 heterocycles. The number of carbonyl (C=O) groups is 1. The lowest BCUT2D eigenvalue weighted by atomic mass is 10.1. The molecular weight excluding hydrogens is 285 g/mol. The lowest BCUT2D eigenvalue weighted by molar-refractivity contribution is -0.137. The number of halogens is 3. The number of aromatic nitrogens is 2. The van der Waals surface area contributed by atoms with E-state index >= 15 is 0 Å². The van der Waals surface area contributed by atoms with E-state index in [1.54, 1.807) is 0 Å². The zero-order valence-electron chi connectivity index (χ0n) is 11.1. The van der Waals surface area contributed by atoms with Gasteiger partial charge in [0, 0.05) is 19.7 Å². The molecule has 0 unspecified atom stereocenters. The van der Waals surface area contributed by atoms with Crippen molar-refractivity contribution in [3.05, 3.63) is 47.2 Å². The molecule has 1 aromatic carbocycles. The molecule has 0 fully saturated rings. The van der Waals surface area contributed by atoms with Gasteiger partial charge >= 0.3 is 6.18 Å². The molecule has 0 saturated heterocycles. The molecule has 0 atom stereocenters. The Morgan fingerprint density at radius 3 is 2.67 bits per heavy atom. The third kappa shape index (κ3) is 3.53. The number of nitrogen functional groups attached to an aromatic ring is 1. The Morgan fingerprint density at radius 2 is 2.10 bits per heavy atom.